The molecule has 0 atom stereocenters. The summed E-state index contributed by atoms with van der Waals surface area (Å²) in [6.45, 7) is 4.57. The van der Waals surface area contributed by atoms with Gasteiger partial charge in [-0.15, -0.1) is 0 Å². The Morgan fingerprint density at radius 2 is 0.823 bits per heavy atom. The van der Waals surface area contributed by atoms with Crippen LogP contribution in [0.2, 0.25) is 0 Å². The van der Waals surface area contributed by atoms with E-state index in [0.717, 1.165) is 73.7 Å². The Bertz CT molecular complexity index is 1930. The first-order valence-corrected chi connectivity index (χ1v) is 19.2. The van der Waals surface area contributed by atoms with Crippen LogP contribution in [0, 0.1) is 0 Å². The van der Waals surface area contributed by atoms with E-state index >= 15 is 0 Å². The quantitative estimate of drug-likeness (QED) is 0.0400. The average Bonchev–Trinajstić information content (AvgIpc) is 3.22. The van der Waals surface area contributed by atoms with Crippen LogP contribution >= 0.6 is 0 Å². The van der Waals surface area contributed by atoms with Crippen molar-refractivity contribution in [3.63, 3.8) is 0 Å². The number of aromatic nitrogens is 2. The van der Waals surface area contributed by atoms with E-state index in [1.165, 1.54) is 0 Å². The topological polar surface area (TPSA) is 241 Å². The van der Waals surface area contributed by atoms with E-state index < -0.39 is 24.3 Å². The normalized spacial score (nSPS) is 11.0. The summed E-state index contributed by atoms with van der Waals surface area (Å²) in [5.41, 5.74) is 3.11. The third kappa shape index (κ3) is 22.8. The number of hydrogen-bond acceptors (Lipinski definition) is 10. The molecule has 0 unspecified atom stereocenters. The van der Waals surface area contributed by atoms with Crippen LogP contribution in [-0.2, 0) is 28.8 Å². The molecule has 4 aromatic rings. The van der Waals surface area contributed by atoms with Gasteiger partial charge >= 0.3 is 24.3 Å². The summed E-state index contributed by atoms with van der Waals surface area (Å²) in [7, 11) is 0. The summed E-state index contributed by atoms with van der Waals surface area (Å²) in [5, 5.41) is 34.3. The number of hydrogen-bond donors (Lipinski definition) is 8. The lowest BCUT2D eigenvalue weighted by atomic mass is 10.2. The molecule has 2 heterocycles. The molecule has 4 amide bonds. The number of carboxylic acid groups (broad SMARTS) is 2. The Balaban J connectivity index is 0.000000811. The maximum absolute atomic E-state index is 12.2. The lowest BCUT2D eigenvalue weighted by molar-refractivity contribution is -0.193. The van der Waals surface area contributed by atoms with Gasteiger partial charge in [-0.2, -0.15) is 26.3 Å². The molecule has 62 heavy (non-hydrogen) atoms. The van der Waals surface area contributed by atoms with Crippen LogP contribution in [0.4, 0.5) is 37.7 Å². The fourth-order valence-electron chi connectivity index (χ4n) is 5.02. The van der Waals surface area contributed by atoms with Crippen molar-refractivity contribution in [1.82, 2.24) is 31.2 Å². The zero-order valence-electron chi connectivity index (χ0n) is 33.3. The molecule has 0 saturated heterocycles. The van der Waals surface area contributed by atoms with Gasteiger partial charge in [0, 0.05) is 73.3 Å². The molecule has 0 bridgehead atoms. The number of rotatable bonds is 21. The van der Waals surface area contributed by atoms with E-state index in [4.69, 9.17) is 19.8 Å². The van der Waals surface area contributed by atoms with Crippen molar-refractivity contribution < 1.29 is 65.3 Å². The summed E-state index contributed by atoms with van der Waals surface area (Å²) < 4.78 is 63.5. The van der Waals surface area contributed by atoms with Gasteiger partial charge in [0.05, 0.1) is 11.0 Å². The van der Waals surface area contributed by atoms with E-state index in [1.807, 2.05) is 60.7 Å². The first-order chi connectivity index (χ1) is 29.3. The molecule has 0 aliphatic carbocycles. The fourth-order valence-corrected chi connectivity index (χ4v) is 5.02. The highest BCUT2D eigenvalue weighted by molar-refractivity contribution is 5.96. The zero-order valence-corrected chi connectivity index (χ0v) is 33.3. The number of carboxylic acids is 2. The number of halogens is 6. The molecule has 0 aliphatic rings. The number of benzene rings is 2. The Morgan fingerprint density at radius 1 is 0.484 bits per heavy atom. The fraction of sp³-hybridized carbons (Fsp3) is 0.400. The minimum Gasteiger partial charge on any atom is -0.475 e. The number of carbonyl (C=O) groups is 6. The molecule has 2 aromatic carbocycles. The smallest absolute Gasteiger partial charge is 0.475 e. The second kappa shape index (κ2) is 27.4. The molecule has 338 valence electrons. The molecule has 0 spiro atoms. The number of carbonyl (C=O) groups excluding carboxylic acids is 4. The first-order valence-electron chi connectivity index (χ1n) is 19.2. The van der Waals surface area contributed by atoms with Gasteiger partial charge in [0.25, 0.3) is 0 Å². The predicted octanol–water partition coefficient (Wildman–Crippen LogP) is 5.16. The maximum Gasteiger partial charge on any atom is 0.490 e. The zero-order chi connectivity index (χ0) is 46.0. The number of pyridine rings is 2. The van der Waals surface area contributed by atoms with Crippen LogP contribution in [0.3, 0.4) is 0 Å². The van der Waals surface area contributed by atoms with Crippen LogP contribution in [0.25, 0.3) is 21.8 Å². The highest BCUT2D eigenvalue weighted by atomic mass is 19.4. The number of nitrogens with one attached hydrogen (secondary N) is 6. The molecular weight excluding hydrogens is 834 g/mol. The maximum atomic E-state index is 12.2. The second-order valence-electron chi connectivity index (χ2n) is 13.1. The van der Waals surface area contributed by atoms with Crippen LogP contribution < -0.4 is 31.9 Å². The van der Waals surface area contributed by atoms with E-state index in [1.54, 1.807) is 12.4 Å². The summed E-state index contributed by atoms with van der Waals surface area (Å²) in [4.78, 5) is 75.0. The monoisotopic (exact) mass is 882 g/mol. The van der Waals surface area contributed by atoms with Crippen LogP contribution in [0.15, 0.2) is 73.1 Å². The Hall–Kier alpha value is -6.42. The van der Waals surface area contributed by atoms with Gasteiger partial charge in [0.1, 0.15) is 0 Å². The molecule has 0 saturated carbocycles. The van der Waals surface area contributed by atoms with Gasteiger partial charge in [-0.3, -0.25) is 29.1 Å². The Kier molecular flexibility index (Phi) is 22.9. The van der Waals surface area contributed by atoms with Gasteiger partial charge in [-0.1, -0.05) is 12.1 Å². The summed E-state index contributed by atoms with van der Waals surface area (Å²) >= 11 is 0. The molecule has 22 heteroatoms. The average molecular weight is 883 g/mol. The molecule has 2 aromatic heterocycles. The molecule has 0 aliphatic heterocycles. The predicted molar refractivity (Wildman–Crippen MR) is 217 cm³/mol. The highest BCUT2D eigenvalue weighted by Crippen LogP contribution is 2.19. The standard InChI is InChI=1S/C36H46N8O4.2C2HF3O2/c45-33(13-15-35(47)43-29-9-11-31-27(25-29)7-3-21-39-31)41-23-5-19-37-17-1-2-18-38-20-6-24-42-34(46)14-16-36(48)44-30-10-12-32-28(26-30)8-4-22-40-32;2*3-2(4,5)1(6)7/h3-4,7-12,21-22,25-26,37-38H,1-2,5-6,13-20,23-24H2,(H,41,45)(H,42,46)(H,43,47)(H,44,48);2*(H,6,7). The SMILES string of the molecule is O=C(CCC(=O)Nc1ccc2ncccc2c1)NCCCNCCCCNCCCNC(=O)CCC(=O)Nc1ccc2ncccc2c1.O=C(O)C(F)(F)F.O=C(O)C(F)(F)F. The summed E-state index contributed by atoms with van der Waals surface area (Å²) in [6.07, 6.45) is -2.43. The van der Waals surface area contributed by atoms with E-state index in [9.17, 15) is 45.5 Å². The van der Waals surface area contributed by atoms with Gasteiger partial charge in [-0.05, 0) is 100 Å². The Morgan fingerprint density at radius 3 is 1.18 bits per heavy atom. The largest absolute Gasteiger partial charge is 0.490 e. The minimum atomic E-state index is -5.08. The van der Waals surface area contributed by atoms with Gasteiger partial charge in [-0.25, -0.2) is 9.59 Å². The Labute approximate surface area is 351 Å². The van der Waals surface area contributed by atoms with E-state index in [2.05, 4.69) is 41.9 Å². The van der Waals surface area contributed by atoms with Crippen molar-refractivity contribution in [3.8, 4) is 0 Å². The van der Waals surface area contributed by atoms with Gasteiger partial charge in [0.2, 0.25) is 23.6 Å². The van der Waals surface area contributed by atoms with Crippen LogP contribution in [0.5, 0.6) is 0 Å². The van der Waals surface area contributed by atoms with Crippen molar-refractivity contribution in [1.29, 1.82) is 0 Å². The highest BCUT2D eigenvalue weighted by Gasteiger charge is 2.38. The summed E-state index contributed by atoms with van der Waals surface area (Å²) in [5.74, 6) is -6.16. The van der Waals surface area contributed by atoms with Crippen molar-refractivity contribution in [2.75, 3.05) is 49.9 Å². The van der Waals surface area contributed by atoms with Gasteiger partial charge < -0.3 is 42.1 Å². The number of anilines is 2. The molecule has 4 rings (SSSR count). The number of aliphatic carboxylic acids is 2. The minimum absolute atomic E-state index is 0.128. The lowest BCUT2D eigenvalue weighted by Crippen LogP contribution is -2.29. The molecular formula is C40H48F6N8O8. The number of unbranched alkanes of at least 4 members (excludes halogenated alkanes) is 1. The molecule has 0 radical (unpaired) electrons. The van der Waals surface area contributed by atoms with Crippen LogP contribution in [0.1, 0.15) is 51.4 Å². The van der Waals surface area contributed by atoms with Crippen LogP contribution in [-0.4, -0.2) is 107 Å². The third-order valence-electron chi connectivity index (χ3n) is 8.08. The van der Waals surface area contributed by atoms with Crippen molar-refractivity contribution >= 4 is 68.7 Å². The van der Waals surface area contributed by atoms with Gasteiger partial charge in [0.15, 0.2) is 0 Å². The van der Waals surface area contributed by atoms with E-state index in [-0.39, 0.29) is 49.3 Å². The first kappa shape index (κ1) is 51.7. The molecule has 8 N–H and O–H groups in total. The number of fused-ring (bicyclic) bond motifs is 2. The molecule has 16 nitrogen and oxygen atoms in total. The number of nitrogens with zero attached hydrogens (tertiary/aromatic N) is 2. The number of amides is 4. The van der Waals surface area contributed by atoms with Crippen molar-refractivity contribution in [2.45, 2.75) is 63.7 Å². The van der Waals surface area contributed by atoms with Crippen molar-refractivity contribution in [3.05, 3.63) is 73.1 Å². The van der Waals surface area contributed by atoms with E-state index in [0.29, 0.717) is 24.5 Å². The molecule has 0 fully saturated rings. The second-order valence-corrected chi connectivity index (χ2v) is 13.1. The number of alkyl halides is 6. The third-order valence-corrected chi connectivity index (χ3v) is 8.08. The van der Waals surface area contributed by atoms with Crippen molar-refractivity contribution in [2.24, 2.45) is 0 Å². The summed E-state index contributed by atoms with van der Waals surface area (Å²) in [6, 6.07) is 18.6. The lowest BCUT2D eigenvalue weighted by Gasteiger charge is -2.09.